The van der Waals surface area contributed by atoms with E-state index in [0.29, 0.717) is 0 Å². The average molecular weight is 366 g/mol. The Balaban J connectivity index is 3.89. The zero-order valence-corrected chi connectivity index (χ0v) is 19.8. The highest BCUT2D eigenvalue weighted by Crippen LogP contribution is 2.21. The van der Waals surface area contributed by atoms with E-state index in [9.17, 15) is 0 Å². The van der Waals surface area contributed by atoms with Gasteiger partial charge in [-0.25, -0.2) is 0 Å². The summed E-state index contributed by atoms with van der Waals surface area (Å²) in [6.07, 6.45) is 2.67. The van der Waals surface area contributed by atoms with Gasteiger partial charge >= 0.3 is 0 Å². The van der Waals surface area contributed by atoms with Crippen LogP contribution in [0, 0.1) is 0 Å². The molecular weight excluding hydrogens is 326 g/mol. The molecule has 0 fully saturated rings. The molecule has 0 saturated heterocycles. The summed E-state index contributed by atoms with van der Waals surface area (Å²) in [6.45, 7) is 20.9. The topological polar surface area (TPSA) is 12.5 Å². The first-order chi connectivity index (χ1) is 9.40. The number of hydrogen-bond acceptors (Lipinski definition) is 3. The molecule has 0 amide bonds. The predicted molar refractivity (Wildman–Crippen MR) is 109 cm³/mol. The summed E-state index contributed by atoms with van der Waals surface area (Å²) in [5.74, 6) is 2.63. The van der Waals surface area contributed by atoms with Crippen LogP contribution in [-0.4, -0.2) is 54.2 Å². The Morgan fingerprint density at radius 2 is 1.29 bits per heavy atom. The minimum absolute atomic E-state index is 1.15. The summed E-state index contributed by atoms with van der Waals surface area (Å²) in [6, 6.07) is 1.30. The van der Waals surface area contributed by atoms with Gasteiger partial charge in [-0.05, 0) is 50.0 Å². The maximum Gasteiger partial charge on any atom is 0.186 e. The number of hydrogen-bond donors (Lipinski definition) is 0. The van der Waals surface area contributed by atoms with Crippen LogP contribution in [-0.2, 0) is 4.43 Å². The summed E-state index contributed by atoms with van der Waals surface area (Å²) in [5, 5.41) is 0. The monoisotopic (exact) mass is 365 g/mol. The van der Waals surface area contributed by atoms with Crippen molar-refractivity contribution in [3.8, 4) is 0 Å². The molecule has 0 aromatic rings. The van der Waals surface area contributed by atoms with Crippen molar-refractivity contribution in [1.29, 1.82) is 0 Å². The van der Waals surface area contributed by atoms with Gasteiger partial charge in [-0.1, -0.05) is 39.3 Å². The SMILES string of the molecule is CO[Si](C)(C)CCCSCCCN([Si](C)(C)C)[Si](C)(C)C. The normalized spacial score (nSPS) is 14.0. The smallest absolute Gasteiger partial charge is 0.186 e. The second-order valence-corrected chi connectivity index (χ2v) is 24.4. The minimum atomic E-state index is -1.32. The van der Waals surface area contributed by atoms with Crippen LogP contribution in [0.4, 0.5) is 0 Å². The van der Waals surface area contributed by atoms with Crippen molar-refractivity contribution in [2.75, 3.05) is 25.2 Å². The van der Waals surface area contributed by atoms with E-state index < -0.39 is 24.8 Å². The van der Waals surface area contributed by atoms with Crippen molar-refractivity contribution in [3.63, 3.8) is 0 Å². The van der Waals surface area contributed by atoms with Crippen molar-refractivity contribution >= 4 is 36.6 Å². The Morgan fingerprint density at radius 1 is 0.810 bits per heavy atom. The van der Waals surface area contributed by atoms with Gasteiger partial charge in [0.1, 0.15) is 16.5 Å². The molecule has 0 aromatic carbocycles. The van der Waals surface area contributed by atoms with Crippen LogP contribution in [0.3, 0.4) is 0 Å². The van der Waals surface area contributed by atoms with Crippen LogP contribution in [0.2, 0.25) is 58.4 Å². The molecule has 0 bridgehead atoms. The Kier molecular flexibility index (Phi) is 9.68. The highest BCUT2D eigenvalue weighted by atomic mass is 32.2. The first kappa shape index (κ1) is 21.9. The molecule has 0 heterocycles. The summed E-state index contributed by atoms with van der Waals surface area (Å²) in [4.78, 5) is 0. The van der Waals surface area contributed by atoms with E-state index in [4.69, 9.17) is 4.43 Å². The van der Waals surface area contributed by atoms with E-state index in [0.717, 1.165) is 0 Å². The van der Waals surface area contributed by atoms with Crippen LogP contribution in [0.5, 0.6) is 0 Å². The third-order valence-corrected chi connectivity index (χ3v) is 15.4. The number of nitrogens with zero attached hydrogens (tertiary/aromatic N) is 1. The highest BCUT2D eigenvalue weighted by Gasteiger charge is 2.33. The minimum Gasteiger partial charge on any atom is -0.420 e. The van der Waals surface area contributed by atoms with Crippen LogP contribution in [0.1, 0.15) is 12.8 Å². The van der Waals surface area contributed by atoms with Crippen LogP contribution in [0.25, 0.3) is 0 Å². The van der Waals surface area contributed by atoms with Crippen molar-refractivity contribution in [3.05, 3.63) is 0 Å². The van der Waals surface area contributed by atoms with Gasteiger partial charge in [-0.3, -0.25) is 0 Å². The average Bonchev–Trinajstić information content (AvgIpc) is 2.29. The van der Waals surface area contributed by atoms with Gasteiger partial charge in [0.15, 0.2) is 8.32 Å². The summed E-state index contributed by atoms with van der Waals surface area (Å²) in [5.41, 5.74) is 0. The fraction of sp³-hybridized carbons (Fsp3) is 1.00. The second kappa shape index (κ2) is 9.27. The Morgan fingerprint density at radius 3 is 1.71 bits per heavy atom. The fourth-order valence-electron chi connectivity index (χ4n) is 2.81. The standard InChI is InChI=1S/C15H39NOSSi3/c1-17-21(8,9)15-11-14-18-13-10-12-16(19(2,3)4)20(5,6)7/h10-15H2,1-9H3. The molecule has 0 aliphatic carbocycles. The van der Waals surface area contributed by atoms with Crippen molar-refractivity contribution < 1.29 is 4.43 Å². The summed E-state index contributed by atoms with van der Waals surface area (Å²) < 4.78 is 8.51. The second-order valence-electron chi connectivity index (χ2n) is 8.53. The predicted octanol–water partition coefficient (Wildman–Crippen LogP) is 5.32. The van der Waals surface area contributed by atoms with Gasteiger partial charge < -0.3 is 8.66 Å². The van der Waals surface area contributed by atoms with Crippen molar-refractivity contribution in [1.82, 2.24) is 4.23 Å². The van der Waals surface area contributed by atoms with Gasteiger partial charge in [-0.15, -0.1) is 0 Å². The fourth-order valence-corrected chi connectivity index (χ4v) is 14.9. The van der Waals surface area contributed by atoms with Gasteiger partial charge in [0.25, 0.3) is 0 Å². The van der Waals surface area contributed by atoms with Gasteiger partial charge in [0.2, 0.25) is 0 Å². The summed E-state index contributed by atoms with van der Waals surface area (Å²) >= 11 is 2.14. The largest absolute Gasteiger partial charge is 0.420 e. The molecule has 0 rings (SSSR count). The molecule has 0 saturated carbocycles. The molecule has 0 spiro atoms. The molecule has 0 aliphatic heterocycles. The van der Waals surface area contributed by atoms with E-state index in [1.807, 2.05) is 7.11 Å². The molecular formula is C15H39NOSSi3. The van der Waals surface area contributed by atoms with Gasteiger partial charge in [0, 0.05) is 7.11 Å². The summed E-state index contributed by atoms with van der Waals surface area (Å²) in [7, 11) is -1.75. The quantitative estimate of drug-likeness (QED) is 0.363. The zero-order valence-electron chi connectivity index (χ0n) is 16.0. The lowest BCUT2D eigenvalue weighted by Crippen LogP contribution is -2.59. The highest BCUT2D eigenvalue weighted by molar-refractivity contribution is 7.99. The zero-order chi connectivity index (χ0) is 16.7. The first-order valence-electron chi connectivity index (χ1n) is 8.31. The maximum atomic E-state index is 5.60. The molecule has 0 N–H and O–H groups in total. The van der Waals surface area contributed by atoms with Gasteiger partial charge in [-0.2, -0.15) is 11.8 Å². The molecule has 0 atom stereocenters. The van der Waals surface area contributed by atoms with E-state index in [2.05, 4.69) is 68.4 Å². The molecule has 128 valence electrons. The number of rotatable bonds is 11. The van der Waals surface area contributed by atoms with Crippen molar-refractivity contribution in [2.24, 2.45) is 0 Å². The van der Waals surface area contributed by atoms with E-state index >= 15 is 0 Å². The molecule has 0 unspecified atom stereocenters. The molecule has 0 aromatic heterocycles. The lowest BCUT2D eigenvalue weighted by molar-refractivity contribution is 0.403. The Hall–Kier alpha value is 0.921. The lowest BCUT2D eigenvalue weighted by atomic mass is 10.5. The first-order valence-corrected chi connectivity index (χ1v) is 19.5. The van der Waals surface area contributed by atoms with Crippen molar-refractivity contribution in [2.45, 2.75) is 71.3 Å². The molecule has 2 nitrogen and oxygen atoms in total. The van der Waals surface area contributed by atoms with Crippen LogP contribution >= 0.6 is 11.8 Å². The van der Waals surface area contributed by atoms with Gasteiger partial charge in [0.05, 0.1) is 0 Å². The lowest BCUT2D eigenvalue weighted by Gasteiger charge is -2.43. The maximum absolute atomic E-state index is 5.60. The Bertz CT molecular complexity index is 274. The van der Waals surface area contributed by atoms with E-state index in [1.54, 1.807) is 0 Å². The van der Waals surface area contributed by atoms with E-state index in [-0.39, 0.29) is 0 Å². The van der Waals surface area contributed by atoms with E-state index in [1.165, 1.54) is 36.9 Å². The molecule has 0 radical (unpaired) electrons. The molecule has 6 heteroatoms. The molecule has 21 heavy (non-hydrogen) atoms. The number of thioether (sulfide) groups is 1. The molecule has 0 aliphatic rings. The third kappa shape index (κ3) is 10.3. The Labute approximate surface area is 141 Å². The van der Waals surface area contributed by atoms with Crippen LogP contribution < -0.4 is 0 Å². The third-order valence-electron chi connectivity index (χ3n) is 3.91. The van der Waals surface area contributed by atoms with Crippen LogP contribution in [0.15, 0.2) is 0 Å².